The molecule has 1 aromatic carbocycles. The van der Waals surface area contributed by atoms with Crippen LogP contribution in [0.5, 0.6) is 5.75 Å². The van der Waals surface area contributed by atoms with Crippen LogP contribution in [-0.4, -0.2) is 49.7 Å². The minimum Gasteiger partial charge on any atom is -0.494 e. The highest BCUT2D eigenvalue weighted by molar-refractivity contribution is 5.77. The molecule has 156 valence electrons. The first-order valence-corrected chi connectivity index (χ1v) is 10.2. The van der Waals surface area contributed by atoms with E-state index >= 15 is 0 Å². The Kier molecular flexibility index (Phi) is 8.15. The van der Waals surface area contributed by atoms with Gasteiger partial charge >= 0.3 is 12.0 Å². The molecule has 1 unspecified atom stereocenters. The second-order valence-corrected chi connectivity index (χ2v) is 8.25. The normalized spacial score (nSPS) is 17.1. The van der Waals surface area contributed by atoms with E-state index in [1.165, 1.54) is 5.56 Å². The van der Waals surface area contributed by atoms with Crippen LogP contribution in [0.15, 0.2) is 24.3 Å². The molecule has 0 radical (unpaired) electrons. The molecule has 0 bridgehead atoms. The van der Waals surface area contributed by atoms with Gasteiger partial charge in [-0.15, -0.1) is 0 Å². The lowest BCUT2D eigenvalue weighted by Gasteiger charge is -2.31. The van der Waals surface area contributed by atoms with Crippen molar-refractivity contribution >= 4 is 12.0 Å². The summed E-state index contributed by atoms with van der Waals surface area (Å²) in [6.45, 7) is 10.9. The number of ether oxygens (including phenoxy) is 2. The minimum absolute atomic E-state index is 0.122. The van der Waals surface area contributed by atoms with Crippen molar-refractivity contribution in [3.05, 3.63) is 29.8 Å². The van der Waals surface area contributed by atoms with Gasteiger partial charge in [0.15, 0.2) is 0 Å². The Morgan fingerprint density at radius 3 is 2.57 bits per heavy atom. The monoisotopic (exact) mass is 390 g/mol. The number of benzene rings is 1. The van der Waals surface area contributed by atoms with Crippen molar-refractivity contribution < 1.29 is 19.1 Å². The molecule has 1 atom stereocenters. The lowest BCUT2D eigenvalue weighted by atomic mass is 9.87. The zero-order chi connectivity index (χ0) is 20.6. The van der Waals surface area contributed by atoms with Crippen LogP contribution >= 0.6 is 0 Å². The molecule has 1 aliphatic rings. The second kappa shape index (κ2) is 10.3. The molecule has 6 nitrogen and oxygen atoms in total. The third-order valence-corrected chi connectivity index (χ3v) is 4.91. The number of urea groups is 1. The summed E-state index contributed by atoms with van der Waals surface area (Å²) < 4.78 is 10.8. The summed E-state index contributed by atoms with van der Waals surface area (Å²) in [6, 6.07) is 8.04. The third kappa shape index (κ3) is 6.73. The maximum absolute atomic E-state index is 12.3. The van der Waals surface area contributed by atoms with Crippen LogP contribution in [0.25, 0.3) is 0 Å². The van der Waals surface area contributed by atoms with Crippen molar-refractivity contribution in [1.29, 1.82) is 0 Å². The van der Waals surface area contributed by atoms with Gasteiger partial charge in [0.05, 0.1) is 19.1 Å². The van der Waals surface area contributed by atoms with Crippen molar-refractivity contribution in [1.82, 2.24) is 10.2 Å². The van der Waals surface area contributed by atoms with Crippen LogP contribution in [0, 0.1) is 5.92 Å². The van der Waals surface area contributed by atoms with Gasteiger partial charge in [-0.25, -0.2) is 4.79 Å². The molecule has 2 amide bonds. The highest BCUT2D eigenvalue weighted by atomic mass is 16.5. The smallest absolute Gasteiger partial charge is 0.317 e. The number of carbonyl (C=O) groups is 2. The van der Waals surface area contributed by atoms with Crippen molar-refractivity contribution in [3.63, 3.8) is 0 Å². The van der Waals surface area contributed by atoms with Gasteiger partial charge in [0.1, 0.15) is 5.75 Å². The zero-order valence-electron chi connectivity index (χ0n) is 17.6. The zero-order valence-corrected chi connectivity index (χ0v) is 17.6. The number of esters is 1. The van der Waals surface area contributed by atoms with E-state index in [1.807, 2.05) is 12.1 Å². The van der Waals surface area contributed by atoms with Crippen LogP contribution in [0.3, 0.4) is 0 Å². The first-order valence-electron chi connectivity index (χ1n) is 10.2. The summed E-state index contributed by atoms with van der Waals surface area (Å²) in [5.74, 6) is 0.428. The Labute approximate surface area is 168 Å². The molecule has 0 aliphatic carbocycles. The van der Waals surface area contributed by atoms with Crippen LogP contribution in [-0.2, 0) is 14.9 Å². The molecule has 1 aliphatic heterocycles. The minimum atomic E-state index is -0.209. The maximum atomic E-state index is 12.3. The van der Waals surface area contributed by atoms with Gasteiger partial charge in [-0.2, -0.15) is 0 Å². The van der Waals surface area contributed by atoms with Crippen molar-refractivity contribution in [3.8, 4) is 5.75 Å². The average molecular weight is 391 g/mol. The molecule has 0 saturated carbocycles. The predicted octanol–water partition coefficient (Wildman–Crippen LogP) is 3.74. The number of rotatable bonds is 7. The fourth-order valence-electron chi connectivity index (χ4n) is 3.23. The Bertz CT molecular complexity index is 637. The van der Waals surface area contributed by atoms with E-state index in [2.05, 4.69) is 38.2 Å². The number of carbonyl (C=O) groups excluding carboxylic acids is 2. The number of likely N-dealkylation sites (tertiary alicyclic amines) is 1. The number of hydrogen-bond acceptors (Lipinski definition) is 4. The molecule has 28 heavy (non-hydrogen) atoms. The van der Waals surface area contributed by atoms with Crippen molar-refractivity contribution in [2.45, 2.75) is 52.4 Å². The van der Waals surface area contributed by atoms with Crippen LogP contribution in [0.1, 0.15) is 52.5 Å². The van der Waals surface area contributed by atoms with Crippen LogP contribution in [0.4, 0.5) is 4.79 Å². The SMILES string of the molecule is CCOC(=O)C1CCCN(C(=O)NCCCOc2ccc(C(C)(C)C)cc2)C1. The Morgan fingerprint density at radius 1 is 1.21 bits per heavy atom. The van der Waals surface area contributed by atoms with Crippen molar-refractivity contribution in [2.24, 2.45) is 5.92 Å². The number of amides is 2. The summed E-state index contributed by atoms with van der Waals surface area (Å²) in [5, 5.41) is 2.91. The summed E-state index contributed by atoms with van der Waals surface area (Å²) >= 11 is 0. The largest absolute Gasteiger partial charge is 0.494 e. The highest BCUT2D eigenvalue weighted by Crippen LogP contribution is 2.24. The van der Waals surface area contributed by atoms with Crippen LogP contribution in [0.2, 0.25) is 0 Å². The number of nitrogens with zero attached hydrogens (tertiary/aromatic N) is 1. The van der Waals surface area contributed by atoms with Gasteiger partial charge in [0.2, 0.25) is 0 Å². The summed E-state index contributed by atoms with van der Waals surface area (Å²) in [4.78, 5) is 25.9. The number of piperidine rings is 1. The van der Waals surface area contributed by atoms with Gasteiger partial charge in [0, 0.05) is 19.6 Å². The third-order valence-electron chi connectivity index (χ3n) is 4.91. The number of hydrogen-bond donors (Lipinski definition) is 1. The first kappa shape index (κ1) is 22.1. The predicted molar refractivity (Wildman–Crippen MR) is 110 cm³/mol. The lowest BCUT2D eigenvalue weighted by molar-refractivity contribution is -0.149. The van der Waals surface area contributed by atoms with E-state index < -0.39 is 0 Å². The summed E-state index contributed by atoms with van der Waals surface area (Å²) in [6.07, 6.45) is 2.33. The topological polar surface area (TPSA) is 67.9 Å². The van der Waals surface area contributed by atoms with Crippen molar-refractivity contribution in [2.75, 3.05) is 32.8 Å². The molecule has 1 N–H and O–H groups in total. The van der Waals surface area contributed by atoms with E-state index in [-0.39, 0.29) is 23.3 Å². The second-order valence-electron chi connectivity index (χ2n) is 8.25. The quantitative estimate of drug-likeness (QED) is 0.569. The first-order chi connectivity index (χ1) is 13.3. The fraction of sp³-hybridized carbons (Fsp3) is 0.636. The van der Waals surface area contributed by atoms with Gasteiger partial charge in [-0.05, 0) is 49.3 Å². The molecular formula is C22H34N2O4. The Morgan fingerprint density at radius 2 is 1.93 bits per heavy atom. The van der Waals surface area contributed by atoms with Gasteiger partial charge in [-0.1, -0.05) is 32.9 Å². The summed E-state index contributed by atoms with van der Waals surface area (Å²) in [5.41, 5.74) is 1.40. The molecule has 0 aromatic heterocycles. The molecule has 1 aromatic rings. The molecule has 6 heteroatoms. The van der Waals surface area contributed by atoms with Crippen LogP contribution < -0.4 is 10.1 Å². The fourth-order valence-corrected chi connectivity index (χ4v) is 3.23. The maximum Gasteiger partial charge on any atom is 0.317 e. The van der Waals surface area contributed by atoms with E-state index in [9.17, 15) is 9.59 Å². The number of nitrogens with one attached hydrogen (secondary N) is 1. The molecule has 1 heterocycles. The van der Waals surface area contributed by atoms with Gasteiger partial charge in [-0.3, -0.25) is 4.79 Å². The van der Waals surface area contributed by atoms with E-state index in [4.69, 9.17) is 9.47 Å². The van der Waals surface area contributed by atoms with Gasteiger partial charge < -0.3 is 19.7 Å². The van der Waals surface area contributed by atoms with E-state index in [0.717, 1.165) is 25.0 Å². The molecular weight excluding hydrogens is 356 g/mol. The molecule has 1 saturated heterocycles. The molecule has 2 rings (SSSR count). The standard InChI is InChI=1S/C22H34N2O4/c1-5-27-20(25)17-8-6-14-24(16-17)21(26)23-13-7-15-28-19-11-9-18(10-12-19)22(2,3)4/h9-12,17H,5-8,13-16H2,1-4H3,(H,23,26). The molecule has 0 spiro atoms. The Hall–Kier alpha value is -2.24. The van der Waals surface area contributed by atoms with Gasteiger partial charge in [0.25, 0.3) is 0 Å². The van der Waals surface area contributed by atoms with E-state index in [0.29, 0.717) is 32.8 Å². The van der Waals surface area contributed by atoms with E-state index in [1.54, 1.807) is 11.8 Å². The summed E-state index contributed by atoms with van der Waals surface area (Å²) in [7, 11) is 0. The highest BCUT2D eigenvalue weighted by Gasteiger charge is 2.29. The lowest BCUT2D eigenvalue weighted by Crippen LogP contribution is -2.47. The average Bonchev–Trinajstić information content (AvgIpc) is 2.67. The Balaban J connectivity index is 1.66. The molecule has 1 fully saturated rings.